The van der Waals surface area contributed by atoms with E-state index in [-0.39, 0.29) is 5.82 Å². The second-order valence-electron chi connectivity index (χ2n) is 9.56. The van der Waals surface area contributed by atoms with Crippen molar-refractivity contribution in [3.63, 3.8) is 0 Å². The molecule has 0 radical (unpaired) electrons. The van der Waals surface area contributed by atoms with Gasteiger partial charge in [-0.2, -0.15) is 0 Å². The van der Waals surface area contributed by atoms with Crippen LogP contribution in [0.3, 0.4) is 0 Å². The molecule has 9 heteroatoms. The molecule has 0 amide bonds. The molecule has 2 aromatic heterocycles. The van der Waals surface area contributed by atoms with E-state index < -0.39 is 17.9 Å². The highest BCUT2D eigenvalue weighted by molar-refractivity contribution is 7.15. The summed E-state index contributed by atoms with van der Waals surface area (Å²) in [6.07, 6.45) is 1.20. The minimum Gasteiger partial charge on any atom is -0.481 e. The van der Waals surface area contributed by atoms with Crippen LogP contribution in [-0.4, -0.2) is 38.1 Å². The first-order valence-electron chi connectivity index (χ1n) is 12.7. The monoisotopic (exact) mass is 531 g/mol. The van der Waals surface area contributed by atoms with Crippen LogP contribution in [0.2, 0.25) is 0 Å². The van der Waals surface area contributed by atoms with Crippen LogP contribution in [-0.2, 0) is 11.2 Å². The molecule has 0 bridgehead atoms. The van der Waals surface area contributed by atoms with E-state index >= 15 is 0 Å². The smallest absolute Gasteiger partial charge is 0.309 e. The number of benzene rings is 2. The Bertz CT molecular complexity index is 1510. The van der Waals surface area contributed by atoms with E-state index in [9.17, 15) is 14.3 Å². The van der Waals surface area contributed by atoms with Gasteiger partial charge in [0.2, 0.25) is 0 Å². The fourth-order valence-corrected chi connectivity index (χ4v) is 6.11. The number of carbonyl (C=O) groups is 1. The SMILES string of the molecule is CCC(C(=O)O)[C@@H]1N=C(c2ccc(NCCc3ccc(F)cc3)cc2)c2c(sc(C)c2C)-n2c(C)nnc21. The number of nitrogens with one attached hydrogen (secondary N) is 1. The molecule has 2 aromatic carbocycles. The number of fused-ring (bicyclic) bond motifs is 3. The molecule has 0 saturated heterocycles. The number of rotatable bonds is 8. The fourth-order valence-electron chi connectivity index (χ4n) is 4.90. The van der Waals surface area contributed by atoms with E-state index in [1.54, 1.807) is 23.5 Å². The number of thiophene rings is 1. The fraction of sp³-hybridized carbons (Fsp3) is 0.310. The molecule has 1 unspecified atom stereocenters. The lowest BCUT2D eigenvalue weighted by Crippen LogP contribution is -2.23. The Kier molecular flexibility index (Phi) is 7.12. The summed E-state index contributed by atoms with van der Waals surface area (Å²) in [5, 5.41) is 23.1. The van der Waals surface area contributed by atoms with Crippen molar-refractivity contribution in [2.45, 2.75) is 46.6 Å². The van der Waals surface area contributed by atoms with Gasteiger partial charge in [0, 0.05) is 28.2 Å². The van der Waals surface area contributed by atoms with Gasteiger partial charge in [0.15, 0.2) is 5.82 Å². The van der Waals surface area contributed by atoms with Crippen molar-refractivity contribution < 1.29 is 14.3 Å². The molecule has 3 heterocycles. The van der Waals surface area contributed by atoms with Crippen LogP contribution >= 0.6 is 11.3 Å². The van der Waals surface area contributed by atoms with E-state index in [0.29, 0.717) is 24.6 Å². The second kappa shape index (κ2) is 10.5. The van der Waals surface area contributed by atoms with Gasteiger partial charge in [-0.1, -0.05) is 31.2 Å². The van der Waals surface area contributed by atoms with E-state index in [1.165, 1.54) is 17.0 Å². The number of carboxylic acids is 1. The lowest BCUT2D eigenvalue weighted by atomic mass is 9.95. The average molecular weight is 532 g/mol. The van der Waals surface area contributed by atoms with Crippen molar-refractivity contribution in [1.82, 2.24) is 14.8 Å². The molecule has 0 fully saturated rings. The Morgan fingerprint density at radius 3 is 2.47 bits per heavy atom. The van der Waals surface area contributed by atoms with Crippen LogP contribution in [0, 0.1) is 32.5 Å². The topological polar surface area (TPSA) is 92.4 Å². The maximum Gasteiger partial charge on any atom is 0.309 e. The van der Waals surface area contributed by atoms with Crippen molar-refractivity contribution in [3.8, 4) is 5.00 Å². The summed E-state index contributed by atoms with van der Waals surface area (Å²) < 4.78 is 15.1. The summed E-state index contributed by atoms with van der Waals surface area (Å²) in [5.41, 5.74) is 5.83. The molecule has 2 atom stereocenters. The molecule has 1 aliphatic heterocycles. The normalized spacial score (nSPS) is 15.3. The maximum absolute atomic E-state index is 13.2. The highest BCUT2D eigenvalue weighted by Crippen LogP contribution is 2.41. The lowest BCUT2D eigenvalue weighted by molar-refractivity contribution is -0.142. The average Bonchev–Trinajstić information content (AvgIpc) is 3.37. The third kappa shape index (κ3) is 4.74. The standard InChI is InChI=1S/C29H30FN5O2S/c1-5-23(29(36)37)26-27-34-33-18(4)35(27)28-24(16(2)17(3)38-28)25(32-26)20-8-12-22(13-9-20)31-15-14-19-6-10-21(30)11-7-19/h6-13,23,26,31H,5,14-15H2,1-4H3,(H,36,37)/t23?,26-/m0/s1. The van der Waals surface area contributed by atoms with Gasteiger partial charge >= 0.3 is 5.97 Å². The summed E-state index contributed by atoms with van der Waals surface area (Å²) in [6, 6.07) is 13.9. The zero-order valence-electron chi connectivity index (χ0n) is 21.8. The Balaban J connectivity index is 1.51. The molecule has 0 aliphatic carbocycles. The number of aromatic nitrogens is 3. The van der Waals surface area contributed by atoms with Crippen molar-refractivity contribution in [3.05, 3.63) is 93.1 Å². The van der Waals surface area contributed by atoms with Crippen LogP contribution in [0.25, 0.3) is 5.00 Å². The Morgan fingerprint density at radius 1 is 1.11 bits per heavy atom. The van der Waals surface area contributed by atoms with Crippen molar-refractivity contribution in [2.75, 3.05) is 11.9 Å². The van der Waals surface area contributed by atoms with Crippen LogP contribution < -0.4 is 5.32 Å². The predicted molar refractivity (Wildman–Crippen MR) is 148 cm³/mol. The molecule has 7 nitrogen and oxygen atoms in total. The zero-order valence-corrected chi connectivity index (χ0v) is 22.6. The number of aryl methyl sites for hydroxylation is 2. The van der Waals surface area contributed by atoms with E-state index in [4.69, 9.17) is 4.99 Å². The van der Waals surface area contributed by atoms with Gasteiger partial charge < -0.3 is 10.4 Å². The van der Waals surface area contributed by atoms with Gasteiger partial charge in [0.1, 0.15) is 22.7 Å². The first-order chi connectivity index (χ1) is 18.3. The summed E-state index contributed by atoms with van der Waals surface area (Å²) in [7, 11) is 0. The first kappa shape index (κ1) is 25.8. The van der Waals surface area contributed by atoms with Crippen LogP contribution in [0.15, 0.2) is 53.5 Å². The minimum atomic E-state index is -0.897. The number of halogens is 1. The number of aliphatic imine (C=N–C) groups is 1. The zero-order chi connectivity index (χ0) is 27.0. The minimum absolute atomic E-state index is 0.233. The largest absolute Gasteiger partial charge is 0.481 e. The lowest BCUT2D eigenvalue weighted by Gasteiger charge is -2.19. The van der Waals surface area contributed by atoms with Crippen LogP contribution in [0.4, 0.5) is 10.1 Å². The molecule has 0 saturated carbocycles. The van der Waals surface area contributed by atoms with Gasteiger partial charge in [-0.05, 0) is 69.0 Å². The number of anilines is 1. The molecule has 38 heavy (non-hydrogen) atoms. The third-order valence-electron chi connectivity index (χ3n) is 7.14. The van der Waals surface area contributed by atoms with Gasteiger partial charge in [-0.3, -0.25) is 14.4 Å². The summed E-state index contributed by atoms with van der Waals surface area (Å²) in [6.45, 7) is 8.64. The third-order valence-corrected chi connectivity index (χ3v) is 8.33. The predicted octanol–water partition coefficient (Wildman–Crippen LogP) is 6.05. The number of hydrogen-bond acceptors (Lipinski definition) is 6. The first-order valence-corrected chi connectivity index (χ1v) is 13.5. The number of nitrogens with zero attached hydrogens (tertiary/aromatic N) is 4. The van der Waals surface area contributed by atoms with Gasteiger partial charge in [-0.25, -0.2) is 4.39 Å². The molecule has 2 N–H and O–H groups in total. The highest BCUT2D eigenvalue weighted by Gasteiger charge is 2.37. The number of aliphatic carboxylic acids is 1. The second-order valence-corrected chi connectivity index (χ2v) is 10.8. The van der Waals surface area contributed by atoms with Crippen LogP contribution in [0.1, 0.15) is 58.2 Å². The molecule has 4 aromatic rings. The Labute approximate surface area is 225 Å². The van der Waals surface area contributed by atoms with E-state index in [1.807, 2.05) is 42.7 Å². The van der Waals surface area contributed by atoms with Crippen molar-refractivity contribution >= 4 is 28.7 Å². The summed E-state index contributed by atoms with van der Waals surface area (Å²) in [4.78, 5) is 18.5. The Morgan fingerprint density at radius 2 is 1.82 bits per heavy atom. The van der Waals surface area contributed by atoms with Gasteiger partial charge in [0.05, 0.1) is 11.6 Å². The summed E-state index contributed by atoms with van der Waals surface area (Å²) in [5.74, 6) is -0.580. The van der Waals surface area contributed by atoms with E-state index in [2.05, 4.69) is 29.4 Å². The molecule has 1 aliphatic rings. The molecular formula is C29H30FN5O2S. The molecule has 0 spiro atoms. The number of hydrogen-bond donors (Lipinski definition) is 2. The van der Waals surface area contributed by atoms with Crippen molar-refractivity contribution in [1.29, 1.82) is 0 Å². The maximum atomic E-state index is 13.2. The Hall–Kier alpha value is -3.85. The van der Waals surface area contributed by atoms with Crippen molar-refractivity contribution in [2.24, 2.45) is 10.9 Å². The molecular weight excluding hydrogens is 501 g/mol. The quantitative estimate of drug-likeness (QED) is 0.289. The highest BCUT2D eigenvalue weighted by atomic mass is 32.1. The summed E-state index contributed by atoms with van der Waals surface area (Å²) >= 11 is 1.65. The molecule has 196 valence electrons. The van der Waals surface area contributed by atoms with Gasteiger partial charge in [0.25, 0.3) is 0 Å². The van der Waals surface area contributed by atoms with Crippen LogP contribution in [0.5, 0.6) is 0 Å². The van der Waals surface area contributed by atoms with E-state index in [0.717, 1.165) is 45.1 Å². The van der Waals surface area contributed by atoms with Gasteiger partial charge in [-0.15, -0.1) is 21.5 Å². The molecule has 5 rings (SSSR count). The number of carboxylic acid groups (broad SMARTS) is 1.